The molecule has 0 spiro atoms. The number of methoxy groups -OCH3 is 1. The van der Waals surface area contributed by atoms with E-state index in [9.17, 15) is 14.7 Å². The van der Waals surface area contributed by atoms with E-state index in [-0.39, 0.29) is 17.9 Å². The maximum atomic E-state index is 13.2. The molecule has 7 heteroatoms. The summed E-state index contributed by atoms with van der Waals surface area (Å²) in [6.45, 7) is 2.80. The molecule has 2 heterocycles. The highest BCUT2D eigenvalue weighted by atomic mass is 16.5. The molecule has 1 saturated heterocycles. The number of hydrogen-bond acceptors (Lipinski definition) is 6. The van der Waals surface area contributed by atoms with Crippen molar-refractivity contribution in [3.63, 3.8) is 0 Å². The van der Waals surface area contributed by atoms with E-state index in [0.717, 1.165) is 12.0 Å². The predicted octanol–water partition coefficient (Wildman–Crippen LogP) is 4.50. The molecule has 4 rings (SSSR count). The zero-order valence-corrected chi connectivity index (χ0v) is 19.1. The van der Waals surface area contributed by atoms with Gasteiger partial charge in [-0.15, -0.1) is 0 Å². The Bertz CT molecular complexity index is 1190. The Labute approximate surface area is 198 Å². The Morgan fingerprint density at radius 2 is 1.74 bits per heavy atom. The number of carbonyl (C=O) groups is 2. The van der Waals surface area contributed by atoms with Crippen molar-refractivity contribution < 1.29 is 24.2 Å². The summed E-state index contributed by atoms with van der Waals surface area (Å²) in [5, 5.41) is 11.2. The molecule has 0 bridgehead atoms. The van der Waals surface area contributed by atoms with Crippen molar-refractivity contribution in [1.29, 1.82) is 0 Å². The average molecular weight is 459 g/mol. The second kappa shape index (κ2) is 10.2. The molecule has 0 unspecified atom stereocenters. The number of aromatic nitrogens is 1. The molecule has 1 amide bonds. The first-order valence-corrected chi connectivity index (χ1v) is 11.1. The third-order valence-corrected chi connectivity index (χ3v) is 5.65. The number of aliphatic hydroxyl groups is 1. The summed E-state index contributed by atoms with van der Waals surface area (Å²) in [7, 11) is 1.55. The molecule has 1 aliphatic rings. The highest BCUT2D eigenvalue weighted by Gasteiger charge is 2.46. The van der Waals surface area contributed by atoms with Gasteiger partial charge in [-0.3, -0.25) is 14.6 Å². The first kappa shape index (κ1) is 23.0. The van der Waals surface area contributed by atoms with Crippen LogP contribution >= 0.6 is 0 Å². The number of rotatable bonds is 8. The van der Waals surface area contributed by atoms with Crippen LogP contribution in [0, 0.1) is 0 Å². The lowest BCUT2D eigenvalue weighted by atomic mass is 9.95. The summed E-state index contributed by atoms with van der Waals surface area (Å²) in [5.41, 5.74) is 1.94. The van der Waals surface area contributed by atoms with Crippen LogP contribution < -0.4 is 9.47 Å². The molecular weight excluding hydrogens is 432 g/mol. The number of likely N-dealkylation sites (tertiary alicyclic amines) is 1. The number of carbonyl (C=O) groups excluding carboxylic acids is 2. The zero-order chi connectivity index (χ0) is 24.1. The van der Waals surface area contributed by atoms with E-state index in [1.54, 1.807) is 49.8 Å². The van der Waals surface area contributed by atoms with E-state index in [4.69, 9.17) is 9.47 Å². The van der Waals surface area contributed by atoms with Crippen molar-refractivity contribution in [2.24, 2.45) is 0 Å². The summed E-state index contributed by atoms with van der Waals surface area (Å²) in [5.74, 6) is -0.312. The molecule has 1 atom stereocenters. The first-order chi connectivity index (χ1) is 16.5. The molecule has 1 aromatic heterocycles. The molecule has 2 aromatic carbocycles. The van der Waals surface area contributed by atoms with Crippen LogP contribution in [0.1, 0.15) is 36.1 Å². The van der Waals surface area contributed by atoms with Crippen LogP contribution in [0.25, 0.3) is 5.76 Å². The second-order valence-electron chi connectivity index (χ2n) is 7.93. The summed E-state index contributed by atoms with van der Waals surface area (Å²) < 4.78 is 10.9. The van der Waals surface area contributed by atoms with E-state index in [1.165, 1.54) is 4.90 Å². The Hall–Kier alpha value is -4.13. The van der Waals surface area contributed by atoms with Crippen molar-refractivity contribution in [2.45, 2.75) is 25.9 Å². The largest absolute Gasteiger partial charge is 0.507 e. The molecular formula is C27H26N2O5. The Morgan fingerprint density at radius 3 is 2.35 bits per heavy atom. The molecule has 0 radical (unpaired) electrons. The zero-order valence-electron chi connectivity index (χ0n) is 19.1. The van der Waals surface area contributed by atoms with Crippen molar-refractivity contribution in [2.75, 3.05) is 13.7 Å². The number of hydrogen-bond donors (Lipinski definition) is 1. The Morgan fingerprint density at radius 1 is 1.03 bits per heavy atom. The molecule has 3 aromatic rings. The van der Waals surface area contributed by atoms with Crippen molar-refractivity contribution >= 4 is 17.4 Å². The summed E-state index contributed by atoms with van der Waals surface area (Å²) in [6, 6.07) is 16.8. The number of aliphatic hydroxyl groups excluding tert-OH is 1. The monoisotopic (exact) mass is 458 g/mol. The Balaban J connectivity index is 1.79. The lowest BCUT2D eigenvalue weighted by Crippen LogP contribution is -2.29. The lowest BCUT2D eigenvalue weighted by Gasteiger charge is -2.25. The van der Waals surface area contributed by atoms with Gasteiger partial charge >= 0.3 is 0 Å². The van der Waals surface area contributed by atoms with E-state index in [0.29, 0.717) is 29.2 Å². The van der Waals surface area contributed by atoms with E-state index >= 15 is 0 Å². The van der Waals surface area contributed by atoms with Gasteiger partial charge in [0.05, 0.1) is 25.3 Å². The highest BCUT2D eigenvalue weighted by Crippen LogP contribution is 2.40. The van der Waals surface area contributed by atoms with Gasteiger partial charge in [0.1, 0.15) is 17.3 Å². The number of Topliss-reactive ketones (excluding diaryl/α,β-unsaturated/α-hetero) is 1. The molecule has 7 nitrogen and oxygen atoms in total. The fourth-order valence-corrected chi connectivity index (χ4v) is 3.95. The van der Waals surface area contributed by atoms with Gasteiger partial charge in [0.2, 0.25) is 0 Å². The van der Waals surface area contributed by atoms with Gasteiger partial charge in [0.25, 0.3) is 11.7 Å². The van der Waals surface area contributed by atoms with Crippen LogP contribution in [0.5, 0.6) is 11.5 Å². The van der Waals surface area contributed by atoms with E-state index in [2.05, 4.69) is 4.98 Å². The number of pyridine rings is 1. The minimum Gasteiger partial charge on any atom is -0.507 e. The number of ether oxygens (including phenoxy) is 2. The minimum atomic E-state index is -0.762. The fraction of sp³-hybridized carbons (Fsp3) is 0.222. The summed E-state index contributed by atoms with van der Waals surface area (Å²) >= 11 is 0. The standard InChI is InChI=1S/C27H26N2O5/c1-3-15-34-22-12-6-19(7-13-22)24-23(25(30)20-8-10-21(33-2)11-9-20)26(31)27(32)29(24)17-18-5-4-14-28-16-18/h4-14,16,24,30H,3,15,17H2,1-2H3/b25-23+/t24-/m1/s1. The number of nitrogens with zero attached hydrogens (tertiary/aromatic N) is 2. The van der Waals surface area contributed by atoms with Crippen LogP contribution in [-0.2, 0) is 16.1 Å². The van der Waals surface area contributed by atoms with Gasteiger partial charge < -0.3 is 19.5 Å². The molecule has 0 aliphatic carbocycles. The number of amides is 1. The topological polar surface area (TPSA) is 89.0 Å². The van der Waals surface area contributed by atoms with Crippen LogP contribution in [-0.4, -0.2) is 40.4 Å². The Kier molecular flexibility index (Phi) is 6.92. The van der Waals surface area contributed by atoms with Gasteiger partial charge in [-0.05, 0) is 60.0 Å². The van der Waals surface area contributed by atoms with Crippen LogP contribution in [0.2, 0.25) is 0 Å². The van der Waals surface area contributed by atoms with Gasteiger partial charge in [0.15, 0.2) is 0 Å². The second-order valence-corrected chi connectivity index (χ2v) is 7.93. The molecule has 1 aliphatic heterocycles. The number of benzene rings is 2. The molecule has 174 valence electrons. The lowest BCUT2D eigenvalue weighted by molar-refractivity contribution is -0.140. The molecule has 0 saturated carbocycles. The highest BCUT2D eigenvalue weighted by molar-refractivity contribution is 6.46. The molecule has 1 fully saturated rings. The normalized spacial score (nSPS) is 17.1. The molecule has 1 N–H and O–H groups in total. The van der Waals surface area contributed by atoms with Gasteiger partial charge in [0, 0.05) is 24.5 Å². The SMILES string of the molecule is CCCOc1ccc([C@@H]2/C(=C(\O)c3ccc(OC)cc3)C(=O)C(=O)N2Cc2cccnc2)cc1. The summed E-state index contributed by atoms with van der Waals surface area (Å²) in [6.07, 6.45) is 4.18. The minimum absolute atomic E-state index is 0.0429. The van der Waals surface area contributed by atoms with Crippen molar-refractivity contribution in [3.8, 4) is 11.5 Å². The van der Waals surface area contributed by atoms with Crippen molar-refractivity contribution in [1.82, 2.24) is 9.88 Å². The van der Waals surface area contributed by atoms with Crippen molar-refractivity contribution in [3.05, 3.63) is 95.3 Å². The maximum absolute atomic E-state index is 13.2. The van der Waals surface area contributed by atoms with Crippen LogP contribution in [0.3, 0.4) is 0 Å². The third-order valence-electron chi connectivity index (χ3n) is 5.65. The average Bonchev–Trinajstić information content (AvgIpc) is 3.13. The quantitative estimate of drug-likeness (QED) is 0.304. The predicted molar refractivity (Wildman–Crippen MR) is 127 cm³/mol. The fourth-order valence-electron chi connectivity index (χ4n) is 3.95. The van der Waals surface area contributed by atoms with Crippen LogP contribution in [0.4, 0.5) is 0 Å². The molecule has 34 heavy (non-hydrogen) atoms. The number of ketones is 1. The summed E-state index contributed by atoms with van der Waals surface area (Å²) in [4.78, 5) is 31.9. The van der Waals surface area contributed by atoms with E-state index in [1.807, 2.05) is 37.3 Å². The van der Waals surface area contributed by atoms with Gasteiger partial charge in [-0.1, -0.05) is 25.1 Å². The van der Waals surface area contributed by atoms with Gasteiger partial charge in [-0.25, -0.2) is 0 Å². The first-order valence-electron chi connectivity index (χ1n) is 11.1. The van der Waals surface area contributed by atoms with Crippen LogP contribution in [0.15, 0.2) is 78.6 Å². The smallest absolute Gasteiger partial charge is 0.295 e. The third kappa shape index (κ3) is 4.64. The van der Waals surface area contributed by atoms with E-state index < -0.39 is 17.7 Å². The maximum Gasteiger partial charge on any atom is 0.295 e. The van der Waals surface area contributed by atoms with Gasteiger partial charge in [-0.2, -0.15) is 0 Å².